The summed E-state index contributed by atoms with van der Waals surface area (Å²) in [5.41, 5.74) is 5.37. The van der Waals surface area contributed by atoms with Gasteiger partial charge in [-0.2, -0.15) is 0 Å². The molecule has 2 fully saturated rings. The minimum absolute atomic E-state index is 0.0451. The Labute approximate surface area is 114 Å². The van der Waals surface area contributed by atoms with Gasteiger partial charge in [0.1, 0.15) is 6.04 Å². The number of hydrogen-bond donors (Lipinski definition) is 2. The number of carbonyl (C=O) groups excluding carboxylic acids is 2. The smallest absolute Gasteiger partial charge is 0.245 e. The van der Waals surface area contributed by atoms with E-state index in [-0.39, 0.29) is 30.3 Å². The number of amides is 2. The highest BCUT2D eigenvalue weighted by atomic mass is 16.2. The average molecular weight is 267 g/mol. The summed E-state index contributed by atoms with van der Waals surface area (Å²) in [4.78, 5) is 26.0. The van der Waals surface area contributed by atoms with E-state index in [0.29, 0.717) is 0 Å². The number of likely N-dealkylation sites (tertiary alicyclic amines) is 1. The Morgan fingerprint density at radius 1 is 1.11 bits per heavy atom. The van der Waals surface area contributed by atoms with Gasteiger partial charge in [0.25, 0.3) is 0 Å². The number of nitrogens with two attached hydrogens (primary N) is 1. The van der Waals surface area contributed by atoms with Gasteiger partial charge < -0.3 is 16.0 Å². The molecule has 0 aromatic rings. The first-order valence-corrected chi connectivity index (χ1v) is 7.50. The summed E-state index contributed by atoms with van der Waals surface area (Å²) in [6.07, 6.45) is 7.79. The number of nitrogens with one attached hydrogen (secondary N) is 1. The fourth-order valence-electron chi connectivity index (χ4n) is 3.22. The molecule has 0 radical (unpaired) electrons. The molecule has 0 spiro atoms. The first-order valence-electron chi connectivity index (χ1n) is 7.50. The van der Waals surface area contributed by atoms with E-state index < -0.39 is 0 Å². The van der Waals surface area contributed by atoms with Crippen molar-refractivity contribution in [2.75, 3.05) is 19.6 Å². The maximum atomic E-state index is 12.6. The van der Waals surface area contributed by atoms with Gasteiger partial charge in [0.2, 0.25) is 11.8 Å². The summed E-state index contributed by atoms with van der Waals surface area (Å²) in [7, 11) is 0. The Balaban J connectivity index is 2.03. The Hall–Kier alpha value is -1.10. The molecule has 1 saturated carbocycles. The molecule has 1 heterocycles. The molecule has 0 bridgehead atoms. The zero-order chi connectivity index (χ0) is 13.7. The number of rotatable bonds is 4. The molecular formula is C14H25N3O2. The molecule has 2 rings (SSSR count). The molecule has 5 heteroatoms. The van der Waals surface area contributed by atoms with E-state index in [0.717, 1.165) is 51.6 Å². The van der Waals surface area contributed by atoms with Crippen LogP contribution in [-0.4, -0.2) is 42.4 Å². The molecule has 1 saturated heterocycles. The third-order valence-corrected chi connectivity index (χ3v) is 4.31. The average Bonchev–Trinajstić information content (AvgIpc) is 2.99. The van der Waals surface area contributed by atoms with Crippen LogP contribution in [0.25, 0.3) is 0 Å². The van der Waals surface area contributed by atoms with Crippen LogP contribution in [0, 0.1) is 5.92 Å². The second-order valence-electron chi connectivity index (χ2n) is 5.68. The third kappa shape index (κ3) is 3.69. The summed E-state index contributed by atoms with van der Waals surface area (Å²) in [5.74, 6) is 0.173. The highest BCUT2D eigenvalue weighted by Crippen LogP contribution is 2.28. The van der Waals surface area contributed by atoms with Gasteiger partial charge in [-0.25, -0.2) is 0 Å². The van der Waals surface area contributed by atoms with Gasteiger partial charge in [-0.05, 0) is 31.6 Å². The summed E-state index contributed by atoms with van der Waals surface area (Å²) in [6, 6.07) is -0.352. The number of nitrogens with zero attached hydrogens (tertiary/aromatic N) is 1. The summed E-state index contributed by atoms with van der Waals surface area (Å²) in [6.45, 7) is 1.62. The monoisotopic (exact) mass is 267 g/mol. The topological polar surface area (TPSA) is 75.4 Å². The van der Waals surface area contributed by atoms with Crippen LogP contribution >= 0.6 is 0 Å². The van der Waals surface area contributed by atoms with Crippen molar-refractivity contribution in [2.24, 2.45) is 11.7 Å². The van der Waals surface area contributed by atoms with Gasteiger partial charge in [0, 0.05) is 13.1 Å². The van der Waals surface area contributed by atoms with E-state index in [9.17, 15) is 9.59 Å². The fraction of sp³-hybridized carbons (Fsp3) is 0.857. The van der Waals surface area contributed by atoms with Gasteiger partial charge >= 0.3 is 0 Å². The molecule has 1 unspecified atom stereocenters. The van der Waals surface area contributed by atoms with Crippen molar-refractivity contribution in [3.63, 3.8) is 0 Å². The lowest BCUT2D eigenvalue weighted by Gasteiger charge is -2.32. The van der Waals surface area contributed by atoms with Crippen molar-refractivity contribution in [1.29, 1.82) is 0 Å². The molecule has 2 aliphatic rings. The molecule has 1 aliphatic heterocycles. The highest BCUT2D eigenvalue weighted by Gasteiger charge is 2.34. The van der Waals surface area contributed by atoms with Crippen LogP contribution in [0.1, 0.15) is 44.9 Å². The van der Waals surface area contributed by atoms with Crippen molar-refractivity contribution in [2.45, 2.75) is 51.0 Å². The van der Waals surface area contributed by atoms with E-state index in [4.69, 9.17) is 5.73 Å². The lowest BCUT2D eigenvalue weighted by Crippen LogP contribution is -2.53. The van der Waals surface area contributed by atoms with Crippen molar-refractivity contribution >= 4 is 11.8 Å². The summed E-state index contributed by atoms with van der Waals surface area (Å²) < 4.78 is 0. The van der Waals surface area contributed by atoms with Crippen LogP contribution in [0.3, 0.4) is 0 Å². The minimum atomic E-state index is -0.352. The van der Waals surface area contributed by atoms with Crippen LogP contribution in [0.2, 0.25) is 0 Å². The SMILES string of the molecule is NCC(=O)NC(C(=O)N1CCCC1)C1CCCCC1. The zero-order valence-electron chi connectivity index (χ0n) is 11.6. The summed E-state index contributed by atoms with van der Waals surface area (Å²) in [5, 5.41) is 2.86. The van der Waals surface area contributed by atoms with Crippen LogP contribution in [0.15, 0.2) is 0 Å². The normalized spacial score (nSPS) is 22.3. The van der Waals surface area contributed by atoms with Crippen molar-refractivity contribution in [1.82, 2.24) is 10.2 Å². The molecule has 5 nitrogen and oxygen atoms in total. The highest BCUT2D eigenvalue weighted by molar-refractivity contribution is 5.88. The fourth-order valence-corrected chi connectivity index (χ4v) is 3.22. The predicted molar refractivity (Wildman–Crippen MR) is 73.4 cm³/mol. The quantitative estimate of drug-likeness (QED) is 0.784. The Morgan fingerprint density at radius 3 is 2.32 bits per heavy atom. The Bertz CT molecular complexity index is 321. The lowest BCUT2D eigenvalue weighted by atomic mass is 9.83. The molecule has 1 atom stereocenters. The Kier molecular flexibility index (Phi) is 5.19. The van der Waals surface area contributed by atoms with Gasteiger partial charge in [-0.15, -0.1) is 0 Å². The van der Waals surface area contributed by atoms with E-state index >= 15 is 0 Å². The predicted octanol–water partition coefficient (Wildman–Crippen LogP) is 0.633. The standard InChI is InChI=1S/C14H25N3O2/c15-10-12(18)16-13(11-6-2-1-3-7-11)14(19)17-8-4-5-9-17/h11,13H,1-10,15H2,(H,16,18). The largest absolute Gasteiger partial charge is 0.343 e. The van der Waals surface area contributed by atoms with E-state index in [2.05, 4.69) is 5.32 Å². The molecular weight excluding hydrogens is 242 g/mol. The van der Waals surface area contributed by atoms with E-state index in [1.807, 2.05) is 4.90 Å². The number of carbonyl (C=O) groups is 2. The van der Waals surface area contributed by atoms with Crippen molar-refractivity contribution in [3.05, 3.63) is 0 Å². The summed E-state index contributed by atoms with van der Waals surface area (Å²) >= 11 is 0. The van der Waals surface area contributed by atoms with Crippen molar-refractivity contribution in [3.8, 4) is 0 Å². The molecule has 108 valence electrons. The number of hydrogen-bond acceptors (Lipinski definition) is 3. The van der Waals surface area contributed by atoms with Gasteiger partial charge in [0.15, 0.2) is 0 Å². The first-order chi connectivity index (χ1) is 9.22. The van der Waals surface area contributed by atoms with Crippen LogP contribution in [0.4, 0.5) is 0 Å². The second kappa shape index (κ2) is 6.89. The molecule has 3 N–H and O–H groups in total. The van der Waals surface area contributed by atoms with E-state index in [1.165, 1.54) is 6.42 Å². The van der Waals surface area contributed by atoms with Crippen LogP contribution in [-0.2, 0) is 9.59 Å². The molecule has 0 aromatic carbocycles. The van der Waals surface area contributed by atoms with Gasteiger partial charge in [-0.3, -0.25) is 9.59 Å². The van der Waals surface area contributed by atoms with Gasteiger partial charge in [0.05, 0.1) is 6.54 Å². The maximum Gasteiger partial charge on any atom is 0.245 e. The first kappa shape index (κ1) is 14.3. The maximum absolute atomic E-state index is 12.6. The Morgan fingerprint density at radius 2 is 1.74 bits per heavy atom. The van der Waals surface area contributed by atoms with Gasteiger partial charge in [-0.1, -0.05) is 19.3 Å². The van der Waals surface area contributed by atoms with Crippen molar-refractivity contribution < 1.29 is 9.59 Å². The van der Waals surface area contributed by atoms with Crippen LogP contribution in [0.5, 0.6) is 0 Å². The van der Waals surface area contributed by atoms with E-state index in [1.54, 1.807) is 0 Å². The molecule has 1 aliphatic carbocycles. The molecule has 0 aromatic heterocycles. The lowest BCUT2D eigenvalue weighted by molar-refractivity contribution is -0.137. The zero-order valence-corrected chi connectivity index (χ0v) is 11.6. The molecule has 19 heavy (non-hydrogen) atoms. The third-order valence-electron chi connectivity index (χ3n) is 4.31. The van der Waals surface area contributed by atoms with Crippen LogP contribution < -0.4 is 11.1 Å². The minimum Gasteiger partial charge on any atom is -0.343 e. The molecule has 2 amide bonds. The second-order valence-corrected chi connectivity index (χ2v) is 5.68.